The largest absolute Gasteiger partial charge is 0.480 e. The molecule has 3 heterocycles. The van der Waals surface area contributed by atoms with E-state index in [1.54, 1.807) is 42.8 Å². The Hall–Kier alpha value is -3.55. The van der Waals surface area contributed by atoms with E-state index in [0.717, 1.165) is 0 Å². The highest BCUT2D eigenvalue weighted by Crippen LogP contribution is 2.34. The molecule has 4 rings (SSSR count). The van der Waals surface area contributed by atoms with Crippen LogP contribution in [0.1, 0.15) is 28.7 Å². The lowest BCUT2D eigenvalue weighted by Gasteiger charge is -2.11. The van der Waals surface area contributed by atoms with Gasteiger partial charge in [0.15, 0.2) is 11.4 Å². The van der Waals surface area contributed by atoms with Gasteiger partial charge >= 0.3 is 5.97 Å². The van der Waals surface area contributed by atoms with Gasteiger partial charge in [0.2, 0.25) is 0 Å². The van der Waals surface area contributed by atoms with E-state index < -0.39 is 11.8 Å². The van der Waals surface area contributed by atoms with Crippen molar-refractivity contribution >= 4 is 28.3 Å². The standard InChI is InChI=1S/C20H17FN4O3/c1-10-19(21)14(13-4-5-17-22-12(3)23-25(17)7-13)6-15-16(11(2)26)8-24(20(10)15)9-18(27)28/h4-8H,9H2,1-3H3,(H,27,28). The molecule has 0 saturated heterocycles. The van der Waals surface area contributed by atoms with E-state index in [-0.39, 0.29) is 17.9 Å². The van der Waals surface area contributed by atoms with Crippen LogP contribution in [0.4, 0.5) is 4.39 Å². The number of halogens is 1. The van der Waals surface area contributed by atoms with Crippen LogP contribution in [-0.4, -0.2) is 36.0 Å². The summed E-state index contributed by atoms with van der Waals surface area (Å²) in [5, 5.41) is 13.9. The second-order valence-corrected chi connectivity index (χ2v) is 6.76. The molecule has 0 unspecified atom stereocenters. The molecule has 1 aromatic carbocycles. The number of hydrogen-bond donors (Lipinski definition) is 1. The van der Waals surface area contributed by atoms with Crippen LogP contribution in [0.15, 0.2) is 30.6 Å². The molecule has 142 valence electrons. The average molecular weight is 380 g/mol. The van der Waals surface area contributed by atoms with Gasteiger partial charge in [-0.3, -0.25) is 9.59 Å². The quantitative estimate of drug-likeness (QED) is 0.548. The van der Waals surface area contributed by atoms with Crippen molar-refractivity contribution in [2.24, 2.45) is 0 Å². The number of fused-ring (bicyclic) bond motifs is 2. The molecule has 0 aliphatic rings. The Morgan fingerprint density at radius 1 is 1.21 bits per heavy atom. The van der Waals surface area contributed by atoms with E-state index in [1.165, 1.54) is 17.7 Å². The number of rotatable bonds is 4. The minimum atomic E-state index is -1.07. The van der Waals surface area contributed by atoms with Crippen molar-refractivity contribution in [3.8, 4) is 11.1 Å². The van der Waals surface area contributed by atoms with Gasteiger partial charge in [-0.15, -0.1) is 0 Å². The first kappa shape index (κ1) is 17.8. The highest BCUT2D eigenvalue weighted by atomic mass is 19.1. The van der Waals surface area contributed by atoms with Gasteiger partial charge < -0.3 is 9.67 Å². The van der Waals surface area contributed by atoms with Crippen LogP contribution in [0.5, 0.6) is 0 Å². The summed E-state index contributed by atoms with van der Waals surface area (Å²) in [7, 11) is 0. The Morgan fingerprint density at radius 3 is 2.64 bits per heavy atom. The number of carboxylic acids is 1. The molecule has 0 bridgehead atoms. The predicted octanol–water partition coefficient (Wildman–Crippen LogP) is 3.39. The van der Waals surface area contributed by atoms with E-state index >= 15 is 4.39 Å². The number of ketones is 1. The van der Waals surface area contributed by atoms with Gasteiger partial charge in [0.05, 0.1) is 5.52 Å². The van der Waals surface area contributed by atoms with E-state index in [2.05, 4.69) is 10.1 Å². The molecule has 0 saturated carbocycles. The first-order chi connectivity index (χ1) is 13.3. The number of nitrogens with zero attached hydrogens (tertiary/aromatic N) is 4. The van der Waals surface area contributed by atoms with E-state index in [9.17, 15) is 9.59 Å². The molecule has 0 aliphatic heterocycles. The summed E-state index contributed by atoms with van der Waals surface area (Å²) >= 11 is 0. The van der Waals surface area contributed by atoms with Crippen LogP contribution in [0.25, 0.3) is 27.7 Å². The summed E-state index contributed by atoms with van der Waals surface area (Å²) in [5.74, 6) is -1.14. The third-order valence-electron chi connectivity index (χ3n) is 4.76. The van der Waals surface area contributed by atoms with E-state index in [1.807, 2.05) is 0 Å². The van der Waals surface area contributed by atoms with Gasteiger partial charge in [-0.1, -0.05) is 0 Å². The molecule has 3 aromatic heterocycles. The average Bonchev–Trinajstić information content (AvgIpc) is 3.16. The minimum absolute atomic E-state index is 0.214. The number of aryl methyl sites for hydroxylation is 2. The Kier molecular flexibility index (Phi) is 3.99. The number of carbonyl (C=O) groups excluding carboxylic acids is 1. The van der Waals surface area contributed by atoms with Crippen LogP contribution in [0, 0.1) is 19.7 Å². The second kappa shape index (κ2) is 6.26. The van der Waals surface area contributed by atoms with E-state index in [4.69, 9.17) is 5.11 Å². The number of aromatic nitrogens is 4. The third kappa shape index (κ3) is 2.74. The summed E-state index contributed by atoms with van der Waals surface area (Å²) in [6.45, 7) is 4.41. The van der Waals surface area contributed by atoms with Gasteiger partial charge in [-0.05, 0) is 39.0 Å². The monoisotopic (exact) mass is 380 g/mol. The molecular weight excluding hydrogens is 363 g/mol. The lowest BCUT2D eigenvalue weighted by Crippen LogP contribution is -2.08. The summed E-state index contributed by atoms with van der Waals surface area (Å²) in [6.07, 6.45) is 3.15. The molecule has 28 heavy (non-hydrogen) atoms. The molecule has 0 spiro atoms. The van der Waals surface area contributed by atoms with Crippen molar-refractivity contribution < 1.29 is 19.1 Å². The van der Waals surface area contributed by atoms with Crippen LogP contribution >= 0.6 is 0 Å². The molecule has 8 heteroatoms. The zero-order chi connectivity index (χ0) is 20.2. The molecule has 0 radical (unpaired) electrons. The maximum Gasteiger partial charge on any atom is 0.323 e. The van der Waals surface area contributed by atoms with Crippen molar-refractivity contribution in [1.29, 1.82) is 0 Å². The molecule has 0 aliphatic carbocycles. The summed E-state index contributed by atoms with van der Waals surface area (Å²) in [4.78, 5) is 27.6. The Morgan fingerprint density at radius 2 is 1.96 bits per heavy atom. The predicted molar refractivity (Wildman–Crippen MR) is 101 cm³/mol. The SMILES string of the molecule is CC(=O)c1cn(CC(=O)O)c2c(C)c(F)c(-c3ccc4nc(C)nn4c3)cc12. The first-order valence-electron chi connectivity index (χ1n) is 8.64. The molecule has 7 nitrogen and oxygen atoms in total. The highest BCUT2D eigenvalue weighted by Gasteiger charge is 2.21. The fourth-order valence-corrected chi connectivity index (χ4v) is 3.56. The van der Waals surface area contributed by atoms with Gasteiger partial charge in [-0.25, -0.2) is 13.9 Å². The minimum Gasteiger partial charge on any atom is -0.480 e. The van der Waals surface area contributed by atoms with Crippen LogP contribution in [-0.2, 0) is 11.3 Å². The number of benzene rings is 1. The lowest BCUT2D eigenvalue weighted by molar-refractivity contribution is -0.137. The van der Waals surface area contributed by atoms with Crippen molar-refractivity contribution in [3.05, 3.63) is 53.4 Å². The zero-order valence-electron chi connectivity index (χ0n) is 15.5. The van der Waals surface area contributed by atoms with Crippen LogP contribution < -0.4 is 0 Å². The zero-order valence-corrected chi connectivity index (χ0v) is 15.5. The van der Waals surface area contributed by atoms with Crippen molar-refractivity contribution in [2.45, 2.75) is 27.3 Å². The Balaban J connectivity index is 2.01. The normalized spacial score (nSPS) is 11.4. The second-order valence-electron chi connectivity index (χ2n) is 6.76. The maximum absolute atomic E-state index is 15.3. The molecule has 0 fully saturated rings. The number of Topliss-reactive ketones (excluding diaryl/α,β-unsaturated/α-hetero) is 1. The summed E-state index contributed by atoms with van der Waals surface area (Å²) in [5.41, 5.74) is 2.61. The number of carbonyl (C=O) groups is 2. The summed E-state index contributed by atoms with van der Waals surface area (Å²) < 4.78 is 18.2. The third-order valence-corrected chi connectivity index (χ3v) is 4.76. The smallest absolute Gasteiger partial charge is 0.323 e. The number of hydrogen-bond acceptors (Lipinski definition) is 4. The fourth-order valence-electron chi connectivity index (χ4n) is 3.56. The van der Waals surface area contributed by atoms with Crippen molar-refractivity contribution in [1.82, 2.24) is 19.2 Å². The molecule has 0 amide bonds. The van der Waals surface area contributed by atoms with Crippen LogP contribution in [0.2, 0.25) is 0 Å². The number of carboxylic acid groups (broad SMARTS) is 1. The van der Waals surface area contributed by atoms with E-state index in [0.29, 0.717) is 39.1 Å². The molecule has 0 atom stereocenters. The van der Waals surface area contributed by atoms with Gasteiger partial charge in [0.1, 0.15) is 18.2 Å². The Labute approximate surface area is 159 Å². The number of pyridine rings is 1. The van der Waals surface area contributed by atoms with Gasteiger partial charge in [-0.2, -0.15) is 5.10 Å². The Bertz CT molecular complexity index is 1290. The first-order valence-corrected chi connectivity index (χ1v) is 8.64. The molecule has 4 aromatic rings. The fraction of sp³-hybridized carbons (Fsp3) is 0.200. The lowest BCUT2D eigenvalue weighted by atomic mass is 9.98. The van der Waals surface area contributed by atoms with Crippen LogP contribution in [0.3, 0.4) is 0 Å². The van der Waals surface area contributed by atoms with Crippen molar-refractivity contribution in [3.63, 3.8) is 0 Å². The molecular formula is C20H17FN4O3. The van der Waals surface area contributed by atoms with Crippen molar-refractivity contribution in [2.75, 3.05) is 0 Å². The summed E-state index contributed by atoms with van der Waals surface area (Å²) in [6, 6.07) is 5.09. The number of aliphatic carboxylic acids is 1. The van der Waals surface area contributed by atoms with Gasteiger partial charge in [0, 0.05) is 40.0 Å². The topological polar surface area (TPSA) is 89.5 Å². The van der Waals surface area contributed by atoms with Gasteiger partial charge in [0.25, 0.3) is 0 Å². The molecule has 1 N–H and O–H groups in total. The highest BCUT2D eigenvalue weighted by molar-refractivity contribution is 6.09. The maximum atomic E-state index is 15.3.